The van der Waals surface area contributed by atoms with E-state index in [9.17, 15) is 4.79 Å². The summed E-state index contributed by atoms with van der Waals surface area (Å²) in [5.74, 6) is 2.22. The quantitative estimate of drug-likeness (QED) is 0.645. The van der Waals surface area contributed by atoms with Crippen LogP contribution in [0.4, 0.5) is 0 Å². The van der Waals surface area contributed by atoms with E-state index >= 15 is 0 Å². The van der Waals surface area contributed by atoms with E-state index in [2.05, 4.69) is 40.2 Å². The molecule has 2 aromatic heterocycles. The molecule has 7 heteroatoms. The second-order valence-electron chi connectivity index (χ2n) is 9.88. The van der Waals surface area contributed by atoms with Crippen LogP contribution in [0.1, 0.15) is 61.7 Å². The average molecular weight is 460 g/mol. The zero-order chi connectivity index (χ0) is 23.1. The van der Waals surface area contributed by atoms with Crippen molar-refractivity contribution in [3.8, 4) is 11.3 Å². The highest BCUT2D eigenvalue weighted by molar-refractivity contribution is 5.94. The number of carbonyl (C=O) groups is 1. The molecule has 0 aliphatic carbocycles. The largest absolute Gasteiger partial charge is 0.381 e. The van der Waals surface area contributed by atoms with E-state index in [4.69, 9.17) is 14.7 Å². The smallest absolute Gasteiger partial charge is 0.219 e. The molecule has 1 N–H and O–H groups in total. The van der Waals surface area contributed by atoms with Crippen molar-refractivity contribution in [2.45, 2.75) is 57.5 Å². The van der Waals surface area contributed by atoms with E-state index in [1.54, 1.807) is 6.92 Å². The topological polar surface area (TPSA) is 72.3 Å². The SMILES string of the molecule is CC(=O)N1CCn2c(C3CCOCC3)nc(-c3cccc4nc(C5CCNCC5)ccc34)c2C1. The van der Waals surface area contributed by atoms with Crippen molar-refractivity contribution >= 4 is 16.8 Å². The fourth-order valence-electron chi connectivity index (χ4n) is 5.87. The molecule has 6 rings (SSSR count). The number of nitrogens with one attached hydrogen (secondary N) is 1. The first-order valence-corrected chi connectivity index (χ1v) is 12.7. The Labute approximate surface area is 200 Å². The summed E-state index contributed by atoms with van der Waals surface area (Å²) in [6.07, 6.45) is 4.29. The van der Waals surface area contributed by atoms with E-state index < -0.39 is 0 Å². The van der Waals surface area contributed by atoms with Gasteiger partial charge < -0.3 is 19.5 Å². The number of rotatable bonds is 3. The Morgan fingerprint density at radius 3 is 2.62 bits per heavy atom. The third-order valence-corrected chi connectivity index (χ3v) is 7.83. The Balaban J connectivity index is 1.45. The first-order valence-electron chi connectivity index (χ1n) is 12.7. The second-order valence-corrected chi connectivity index (χ2v) is 9.88. The van der Waals surface area contributed by atoms with E-state index in [0.29, 0.717) is 18.4 Å². The molecule has 0 saturated carbocycles. The molecule has 5 heterocycles. The van der Waals surface area contributed by atoms with E-state index in [-0.39, 0.29) is 5.91 Å². The highest BCUT2D eigenvalue weighted by Gasteiger charge is 2.30. The number of amides is 1. The van der Waals surface area contributed by atoms with Crippen molar-refractivity contribution in [2.75, 3.05) is 32.8 Å². The van der Waals surface area contributed by atoms with Crippen LogP contribution in [-0.4, -0.2) is 58.2 Å². The number of piperidine rings is 1. The summed E-state index contributed by atoms with van der Waals surface area (Å²) in [6, 6.07) is 10.8. The number of hydrogen-bond acceptors (Lipinski definition) is 5. The first-order chi connectivity index (χ1) is 16.7. The fourth-order valence-corrected chi connectivity index (χ4v) is 5.87. The summed E-state index contributed by atoms with van der Waals surface area (Å²) < 4.78 is 8.01. The molecule has 0 spiro atoms. The molecule has 2 saturated heterocycles. The molecular weight excluding hydrogens is 426 g/mol. The molecule has 7 nitrogen and oxygen atoms in total. The van der Waals surface area contributed by atoms with Gasteiger partial charge in [0.25, 0.3) is 0 Å². The van der Waals surface area contributed by atoms with Crippen molar-refractivity contribution < 1.29 is 9.53 Å². The van der Waals surface area contributed by atoms with Gasteiger partial charge in [0.1, 0.15) is 5.82 Å². The van der Waals surface area contributed by atoms with Crippen LogP contribution in [0.15, 0.2) is 30.3 Å². The lowest BCUT2D eigenvalue weighted by atomic mass is 9.93. The number of carbonyl (C=O) groups excluding carboxylic acids is 1. The lowest BCUT2D eigenvalue weighted by molar-refractivity contribution is -0.130. The van der Waals surface area contributed by atoms with Crippen molar-refractivity contribution in [3.63, 3.8) is 0 Å². The monoisotopic (exact) mass is 459 g/mol. The number of fused-ring (bicyclic) bond motifs is 2. The Hall–Kier alpha value is -2.77. The van der Waals surface area contributed by atoms with Gasteiger partial charge in [0, 0.05) is 61.7 Å². The van der Waals surface area contributed by atoms with Gasteiger partial charge in [0.15, 0.2) is 0 Å². The van der Waals surface area contributed by atoms with Crippen LogP contribution >= 0.6 is 0 Å². The van der Waals surface area contributed by atoms with Crippen LogP contribution in [0.2, 0.25) is 0 Å². The molecule has 3 aliphatic heterocycles. The zero-order valence-electron chi connectivity index (χ0n) is 19.9. The summed E-state index contributed by atoms with van der Waals surface area (Å²) in [5.41, 5.74) is 5.51. The molecule has 178 valence electrons. The molecule has 3 aliphatic rings. The molecule has 0 atom stereocenters. The van der Waals surface area contributed by atoms with E-state index in [1.165, 1.54) is 5.69 Å². The van der Waals surface area contributed by atoms with Crippen LogP contribution in [0.5, 0.6) is 0 Å². The van der Waals surface area contributed by atoms with Crippen molar-refractivity contribution in [3.05, 3.63) is 47.5 Å². The highest BCUT2D eigenvalue weighted by Crippen LogP contribution is 2.37. The standard InChI is InChI=1S/C27H33N5O2/c1-18(33)31-13-14-32-25(17-31)26(30-27(32)20-9-15-34-16-10-20)22-3-2-4-24-21(22)5-6-23(29-24)19-7-11-28-12-8-19/h2-6,19-20,28H,7-17H2,1H3. The van der Waals surface area contributed by atoms with Crippen molar-refractivity contribution in [2.24, 2.45) is 0 Å². The van der Waals surface area contributed by atoms with Crippen LogP contribution in [-0.2, 0) is 22.6 Å². The third kappa shape index (κ3) is 3.91. The predicted molar refractivity (Wildman–Crippen MR) is 132 cm³/mol. The van der Waals surface area contributed by atoms with E-state index in [1.807, 2.05) is 4.90 Å². The normalized spacial score (nSPS) is 20.0. The van der Waals surface area contributed by atoms with Gasteiger partial charge in [0.05, 0.1) is 23.4 Å². The Morgan fingerprint density at radius 1 is 1.00 bits per heavy atom. The Kier molecular flexibility index (Phi) is 5.83. The molecule has 0 unspecified atom stereocenters. The maximum Gasteiger partial charge on any atom is 0.219 e. The molecule has 0 bridgehead atoms. The van der Waals surface area contributed by atoms with Crippen molar-refractivity contribution in [1.29, 1.82) is 0 Å². The van der Waals surface area contributed by atoms with Gasteiger partial charge in [0.2, 0.25) is 5.91 Å². The lowest BCUT2D eigenvalue weighted by Gasteiger charge is -2.30. The second kappa shape index (κ2) is 9.12. The maximum atomic E-state index is 12.2. The maximum absolute atomic E-state index is 12.2. The molecule has 0 radical (unpaired) electrons. The molecule has 1 aromatic carbocycles. The molecule has 34 heavy (non-hydrogen) atoms. The number of nitrogens with zero attached hydrogens (tertiary/aromatic N) is 4. The number of aromatic nitrogens is 3. The molecule has 3 aromatic rings. The fraction of sp³-hybridized carbons (Fsp3) is 0.519. The minimum Gasteiger partial charge on any atom is -0.381 e. The van der Waals surface area contributed by atoms with Gasteiger partial charge in [-0.1, -0.05) is 18.2 Å². The van der Waals surface area contributed by atoms with Crippen molar-refractivity contribution in [1.82, 2.24) is 24.8 Å². The van der Waals surface area contributed by atoms with Gasteiger partial charge in [-0.05, 0) is 50.9 Å². The Bertz CT molecular complexity index is 1210. The summed E-state index contributed by atoms with van der Waals surface area (Å²) in [5, 5.41) is 4.59. The van der Waals surface area contributed by atoms with E-state index in [0.717, 1.165) is 98.8 Å². The third-order valence-electron chi connectivity index (χ3n) is 7.83. The molecule has 1 amide bonds. The summed E-state index contributed by atoms with van der Waals surface area (Å²) in [6.45, 7) is 7.52. The molecule has 2 fully saturated rings. The van der Waals surface area contributed by atoms with Gasteiger partial charge in [-0.2, -0.15) is 0 Å². The average Bonchev–Trinajstić information content (AvgIpc) is 3.28. The number of imidazole rings is 1. The number of hydrogen-bond donors (Lipinski definition) is 1. The molecular formula is C27H33N5O2. The first kappa shape index (κ1) is 21.7. The van der Waals surface area contributed by atoms with Crippen LogP contribution in [0.3, 0.4) is 0 Å². The van der Waals surface area contributed by atoms with Crippen LogP contribution < -0.4 is 5.32 Å². The minimum atomic E-state index is 0.122. The summed E-state index contributed by atoms with van der Waals surface area (Å²) >= 11 is 0. The summed E-state index contributed by atoms with van der Waals surface area (Å²) in [4.78, 5) is 24.5. The van der Waals surface area contributed by atoms with Gasteiger partial charge in [-0.25, -0.2) is 4.98 Å². The number of ether oxygens (including phenoxy) is 1. The zero-order valence-corrected chi connectivity index (χ0v) is 19.9. The highest BCUT2D eigenvalue weighted by atomic mass is 16.5. The Morgan fingerprint density at radius 2 is 1.82 bits per heavy atom. The van der Waals surface area contributed by atoms with Crippen LogP contribution in [0, 0.1) is 0 Å². The van der Waals surface area contributed by atoms with Gasteiger partial charge >= 0.3 is 0 Å². The number of benzene rings is 1. The lowest BCUT2D eigenvalue weighted by Crippen LogP contribution is -2.37. The van der Waals surface area contributed by atoms with Gasteiger partial charge in [-0.3, -0.25) is 9.78 Å². The minimum absolute atomic E-state index is 0.122. The number of pyridine rings is 1. The summed E-state index contributed by atoms with van der Waals surface area (Å²) in [7, 11) is 0. The predicted octanol–water partition coefficient (Wildman–Crippen LogP) is 3.82. The van der Waals surface area contributed by atoms with Gasteiger partial charge in [-0.15, -0.1) is 0 Å². The van der Waals surface area contributed by atoms with Crippen LogP contribution in [0.25, 0.3) is 22.2 Å².